The number of hydrogen-bond donors (Lipinski definition) is 1. The number of ketones is 1. The van der Waals surface area contributed by atoms with Crippen molar-refractivity contribution < 1.29 is 14.8 Å². The molecule has 5 heteroatoms. The highest BCUT2D eigenvalue weighted by Gasteiger charge is 2.61. The minimum atomic E-state index is -0.406. The van der Waals surface area contributed by atoms with Crippen molar-refractivity contribution in [1.29, 1.82) is 0 Å². The van der Waals surface area contributed by atoms with Crippen molar-refractivity contribution in [2.75, 3.05) is 6.61 Å². The third kappa shape index (κ3) is 2.56. The second-order valence-electron chi connectivity index (χ2n) is 10.2. The van der Waals surface area contributed by atoms with Gasteiger partial charge in [-0.2, -0.15) is 0 Å². The maximum absolute atomic E-state index is 12.3. The molecule has 0 radical (unpaired) electrons. The Balaban J connectivity index is 1.69. The lowest BCUT2D eigenvalue weighted by molar-refractivity contribution is -0.422. The molecule has 0 aromatic carbocycles. The van der Waals surface area contributed by atoms with Crippen LogP contribution in [0.1, 0.15) is 72.1 Å². The lowest BCUT2D eigenvalue weighted by atomic mass is 9.46. The zero-order chi connectivity index (χ0) is 19.6. The first kappa shape index (κ1) is 19.1. The number of carbonyl (C=O) groups excluding carboxylic acids is 1. The highest BCUT2D eigenvalue weighted by Crippen LogP contribution is 2.67. The van der Waals surface area contributed by atoms with E-state index in [4.69, 9.17) is 0 Å². The van der Waals surface area contributed by atoms with E-state index in [9.17, 15) is 20.0 Å². The van der Waals surface area contributed by atoms with Crippen LogP contribution in [0, 0.1) is 50.5 Å². The molecule has 0 spiro atoms. The molecular formula is C22H33NO4. The molecule has 0 bridgehead atoms. The van der Waals surface area contributed by atoms with Crippen LogP contribution >= 0.6 is 0 Å². The van der Waals surface area contributed by atoms with Crippen molar-refractivity contribution >= 4 is 5.78 Å². The van der Waals surface area contributed by atoms with Crippen molar-refractivity contribution in [1.82, 2.24) is 0 Å². The number of aliphatic hydroxyl groups excluding tert-OH is 1. The van der Waals surface area contributed by atoms with Crippen LogP contribution in [0.5, 0.6) is 0 Å². The van der Waals surface area contributed by atoms with Gasteiger partial charge in [-0.1, -0.05) is 20.8 Å². The number of aliphatic hydroxyl groups is 1. The molecule has 1 N–H and O–H groups in total. The molecule has 5 nitrogen and oxygen atoms in total. The summed E-state index contributed by atoms with van der Waals surface area (Å²) in [7, 11) is 0. The van der Waals surface area contributed by atoms with Gasteiger partial charge in [0.25, 0.3) is 0 Å². The molecule has 0 aromatic rings. The predicted octanol–water partition coefficient (Wildman–Crippen LogP) is 4.37. The third-order valence-electron chi connectivity index (χ3n) is 9.32. The quantitative estimate of drug-likeness (QED) is 0.587. The molecule has 0 unspecified atom stereocenters. The minimum Gasteiger partial charge on any atom is -0.396 e. The maximum Gasteiger partial charge on any atom is 0.311 e. The van der Waals surface area contributed by atoms with Crippen LogP contribution in [0.3, 0.4) is 0 Å². The SMILES string of the molecule is C[C@H](CO)[C@H]1CC[C@H]2[C@@H]3CCC4=C([N+](=O)[O-])C(=O)CC[C@]4(C)[C@H]3CC[C@]12C. The number of nitro groups is 1. The van der Waals surface area contributed by atoms with E-state index in [1.807, 2.05) is 0 Å². The van der Waals surface area contributed by atoms with Crippen LogP contribution in [0.25, 0.3) is 0 Å². The van der Waals surface area contributed by atoms with Gasteiger partial charge in [0, 0.05) is 18.6 Å². The summed E-state index contributed by atoms with van der Waals surface area (Å²) < 4.78 is 0. The van der Waals surface area contributed by atoms with Crippen molar-refractivity contribution in [3.05, 3.63) is 21.4 Å². The molecule has 0 saturated heterocycles. The van der Waals surface area contributed by atoms with Gasteiger partial charge < -0.3 is 5.11 Å². The van der Waals surface area contributed by atoms with Gasteiger partial charge in [-0.05, 0) is 85.4 Å². The topological polar surface area (TPSA) is 80.4 Å². The smallest absolute Gasteiger partial charge is 0.311 e. The second kappa shape index (κ2) is 6.40. The first-order chi connectivity index (χ1) is 12.7. The van der Waals surface area contributed by atoms with E-state index in [1.165, 1.54) is 12.8 Å². The van der Waals surface area contributed by atoms with Crippen molar-refractivity contribution in [2.24, 2.45) is 40.4 Å². The lowest BCUT2D eigenvalue weighted by Crippen LogP contribution is -2.51. The molecule has 150 valence electrons. The Labute approximate surface area is 161 Å². The molecule has 4 aliphatic carbocycles. The van der Waals surface area contributed by atoms with Gasteiger partial charge >= 0.3 is 5.70 Å². The van der Waals surface area contributed by atoms with Gasteiger partial charge in [0.2, 0.25) is 5.78 Å². The minimum absolute atomic E-state index is 0.0752. The third-order valence-corrected chi connectivity index (χ3v) is 9.32. The molecule has 3 saturated carbocycles. The number of fused-ring (bicyclic) bond motifs is 5. The summed E-state index contributed by atoms with van der Waals surface area (Å²) >= 11 is 0. The summed E-state index contributed by atoms with van der Waals surface area (Å²) in [4.78, 5) is 23.5. The molecule has 7 atom stereocenters. The van der Waals surface area contributed by atoms with Crippen LogP contribution in [-0.2, 0) is 4.79 Å². The Morgan fingerprint density at radius 2 is 1.89 bits per heavy atom. The van der Waals surface area contributed by atoms with Crippen LogP contribution < -0.4 is 0 Å². The van der Waals surface area contributed by atoms with E-state index in [1.54, 1.807) is 0 Å². The summed E-state index contributed by atoms with van der Waals surface area (Å²) in [5.74, 6) is 2.40. The zero-order valence-electron chi connectivity index (χ0n) is 16.9. The normalized spacial score (nSPS) is 45.1. The van der Waals surface area contributed by atoms with E-state index in [0.29, 0.717) is 42.4 Å². The molecule has 0 amide bonds. The number of hydrogen-bond acceptors (Lipinski definition) is 4. The Bertz CT molecular complexity index is 700. The van der Waals surface area contributed by atoms with E-state index in [0.717, 1.165) is 31.3 Å². The first-order valence-electron chi connectivity index (χ1n) is 10.8. The van der Waals surface area contributed by atoms with Gasteiger partial charge in [-0.15, -0.1) is 0 Å². The maximum atomic E-state index is 12.3. The van der Waals surface area contributed by atoms with Gasteiger partial charge in [0.05, 0.1) is 4.92 Å². The average Bonchev–Trinajstić information content (AvgIpc) is 2.98. The molecule has 0 aromatic heterocycles. The Hall–Kier alpha value is -1.23. The summed E-state index contributed by atoms with van der Waals surface area (Å²) in [5, 5.41) is 21.3. The fraction of sp³-hybridized carbons (Fsp3) is 0.864. The van der Waals surface area contributed by atoms with Crippen molar-refractivity contribution in [2.45, 2.75) is 72.1 Å². The van der Waals surface area contributed by atoms with Gasteiger partial charge in [0.15, 0.2) is 0 Å². The lowest BCUT2D eigenvalue weighted by Gasteiger charge is -2.58. The number of nitrogens with zero attached hydrogens (tertiary/aromatic N) is 1. The fourth-order valence-corrected chi connectivity index (χ4v) is 8.00. The van der Waals surface area contributed by atoms with Gasteiger partial charge in [-0.25, -0.2) is 0 Å². The van der Waals surface area contributed by atoms with Crippen molar-refractivity contribution in [3.63, 3.8) is 0 Å². The van der Waals surface area contributed by atoms with E-state index < -0.39 is 4.92 Å². The van der Waals surface area contributed by atoms with Gasteiger partial charge in [0.1, 0.15) is 0 Å². The average molecular weight is 376 g/mol. The molecule has 4 rings (SSSR count). The summed E-state index contributed by atoms with van der Waals surface area (Å²) in [6.45, 7) is 7.10. The van der Waals surface area contributed by atoms with E-state index in [2.05, 4.69) is 20.8 Å². The van der Waals surface area contributed by atoms with Crippen LogP contribution in [0.2, 0.25) is 0 Å². The number of rotatable bonds is 3. The first-order valence-corrected chi connectivity index (χ1v) is 10.8. The zero-order valence-corrected chi connectivity index (χ0v) is 16.9. The monoisotopic (exact) mass is 375 g/mol. The molecule has 0 heterocycles. The number of Topliss-reactive ketones (excluding diaryl/α,β-unsaturated/α-hetero) is 1. The molecule has 27 heavy (non-hydrogen) atoms. The van der Waals surface area contributed by atoms with Crippen LogP contribution in [-0.4, -0.2) is 22.4 Å². The fourth-order valence-electron chi connectivity index (χ4n) is 8.00. The van der Waals surface area contributed by atoms with Gasteiger partial charge in [-0.3, -0.25) is 14.9 Å². The van der Waals surface area contributed by atoms with Crippen LogP contribution in [0.4, 0.5) is 0 Å². The highest BCUT2D eigenvalue weighted by molar-refractivity contribution is 5.95. The Kier molecular flexibility index (Phi) is 4.53. The largest absolute Gasteiger partial charge is 0.396 e. The van der Waals surface area contributed by atoms with Crippen molar-refractivity contribution in [3.8, 4) is 0 Å². The Morgan fingerprint density at radius 3 is 2.56 bits per heavy atom. The molecule has 3 fully saturated rings. The van der Waals surface area contributed by atoms with Crippen LogP contribution in [0.15, 0.2) is 11.3 Å². The molecule has 4 aliphatic rings. The molecule has 0 aliphatic heterocycles. The molecular weight excluding hydrogens is 342 g/mol. The van der Waals surface area contributed by atoms with E-state index >= 15 is 0 Å². The summed E-state index contributed by atoms with van der Waals surface area (Å²) in [6.07, 6.45) is 7.48. The number of carbonyl (C=O) groups is 1. The Morgan fingerprint density at radius 1 is 1.15 bits per heavy atom. The van der Waals surface area contributed by atoms with E-state index in [-0.39, 0.29) is 28.9 Å². The summed E-state index contributed by atoms with van der Waals surface area (Å²) in [6, 6.07) is 0. The highest BCUT2D eigenvalue weighted by atomic mass is 16.6. The predicted molar refractivity (Wildman–Crippen MR) is 102 cm³/mol. The standard InChI is InChI=1S/C22H33NO4/c1-13(12-24)15-6-7-16-14-4-5-18-20(23(26)27)19(25)9-11-22(18,3)17(14)8-10-21(15,16)2/h13-17,24H,4-12H2,1-3H3/t13-,14+,15-,16+,17+,21-,22-/m1/s1. The second-order valence-corrected chi connectivity index (χ2v) is 10.2. The number of allylic oxidation sites excluding steroid dienone is 1. The summed E-state index contributed by atoms with van der Waals surface area (Å²) in [5.41, 5.74) is 0.888.